The summed E-state index contributed by atoms with van der Waals surface area (Å²) in [6.07, 6.45) is 13.1. The van der Waals surface area contributed by atoms with Crippen LogP contribution in [-0.2, 0) is 0 Å². The smallest absolute Gasteiger partial charge is 0.167 e. The minimum Gasteiger partial charge on any atom is -0.496 e. The van der Waals surface area contributed by atoms with Gasteiger partial charge < -0.3 is 9.47 Å². The van der Waals surface area contributed by atoms with Crippen LogP contribution in [0.2, 0.25) is 0 Å². The number of hydrogen-bond acceptors (Lipinski definition) is 5. The average Bonchev–Trinajstić information content (AvgIpc) is 3.00. The van der Waals surface area contributed by atoms with E-state index in [-0.39, 0.29) is 0 Å². The lowest BCUT2D eigenvalue weighted by atomic mass is 10.1. The lowest BCUT2D eigenvalue weighted by Gasteiger charge is -2.13. The number of rotatable bonds is 16. The van der Waals surface area contributed by atoms with E-state index in [1.54, 1.807) is 7.11 Å². The number of aryl methyl sites for hydroxylation is 2. The van der Waals surface area contributed by atoms with E-state index >= 15 is 0 Å². The predicted octanol–water partition coefficient (Wildman–Crippen LogP) is 9.80. The monoisotopic (exact) mass is 551 g/mol. The zero-order valence-corrected chi connectivity index (χ0v) is 25.3. The van der Waals surface area contributed by atoms with Gasteiger partial charge in [0.25, 0.3) is 0 Å². The molecule has 0 aliphatic heterocycles. The summed E-state index contributed by atoms with van der Waals surface area (Å²) in [6, 6.07) is 22.4. The molecule has 0 saturated heterocycles. The molecule has 3 aromatic carbocycles. The van der Waals surface area contributed by atoms with Crippen LogP contribution in [0.3, 0.4) is 0 Å². The first-order valence-electron chi connectivity index (χ1n) is 15.3. The highest BCUT2D eigenvalue weighted by Crippen LogP contribution is 2.33. The summed E-state index contributed by atoms with van der Waals surface area (Å²) in [5.41, 5.74) is 5.09. The highest BCUT2D eigenvalue weighted by molar-refractivity contribution is 5.70. The molecule has 0 aliphatic rings. The summed E-state index contributed by atoms with van der Waals surface area (Å²) < 4.78 is 11.9. The Labute approximate surface area is 246 Å². The molecule has 216 valence electrons. The number of benzene rings is 3. The molecule has 4 aromatic rings. The van der Waals surface area contributed by atoms with Crippen LogP contribution in [0.15, 0.2) is 66.7 Å². The Hall–Kier alpha value is -3.73. The van der Waals surface area contributed by atoms with Crippen molar-refractivity contribution in [1.29, 1.82) is 0 Å². The Bertz CT molecular complexity index is 1290. The van der Waals surface area contributed by atoms with Crippen molar-refractivity contribution in [3.05, 3.63) is 77.9 Å². The molecule has 0 N–H and O–H groups in total. The fourth-order valence-electron chi connectivity index (χ4n) is 4.89. The molecule has 5 heteroatoms. The summed E-state index contributed by atoms with van der Waals surface area (Å²) in [5, 5.41) is 0. The Morgan fingerprint density at radius 2 is 1.05 bits per heavy atom. The quantitative estimate of drug-likeness (QED) is 0.130. The summed E-state index contributed by atoms with van der Waals surface area (Å²) in [7, 11) is 1.67. The molecule has 1 heterocycles. The van der Waals surface area contributed by atoms with Crippen molar-refractivity contribution >= 4 is 0 Å². The van der Waals surface area contributed by atoms with E-state index in [1.807, 2.05) is 18.2 Å². The molecular weight excluding hydrogens is 506 g/mol. The van der Waals surface area contributed by atoms with Gasteiger partial charge in [-0.3, -0.25) is 0 Å². The molecule has 1 aromatic heterocycles. The van der Waals surface area contributed by atoms with Crippen LogP contribution < -0.4 is 9.47 Å². The van der Waals surface area contributed by atoms with Crippen LogP contribution in [0, 0.1) is 13.8 Å². The number of hydrogen-bond donors (Lipinski definition) is 0. The maximum atomic E-state index is 6.09. The van der Waals surface area contributed by atoms with Crippen molar-refractivity contribution in [2.24, 2.45) is 0 Å². The molecule has 0 bridgehead atoms. The lowest BCUT2D eigenvalue weighted by molar-refractivity contribution is 0.302. The number of aromatic nitrogens is 3. The van der Waals surface area contributed by atoms with Gasteiger partial charge in [0.2, 0.25) is 0 Å². The highest BCUT2D eigenvalue weighted by Gasteiger charge is 2.16. The molecule has 5 nitrogen and oxygen atoms in total. The first-order chi connectivity index (χ1) is 20.1. The second-order valence-corrected chi connectivity index (χ2v) is 10.9. The second-order valence-electron chi connectivity index (χ2n) is 10.9. The van der Waals surface area contributed by atoms with Gasteiger partial charge in [-0.25, -0.2) is 15.0 Å². The molecule has 0 unspecified atom stereocenters. The summed E-state index contributed by atoms with van der Waals surface area (Å²) in [4.78, 5) is 14.6. The van der Waals surface area contributed by atoms with Gasteiger partial charge in [0.05, 0.1) is 19.3 Å². The predicted molar refractivity (Wildman–Crippen MR) is 169 cm³/mol. The van der Waals surface area contributed by atoms with E-state index in [0.29, 0.717) is 29.8 Å². The third-order valence-electron chi connectivity index (χ3n) is 7.44. The average molecular weight is 552 g/mol. The molecular formula is C36H45N3O2. The largest absolute Gasteiger partial charge is 0.496 e. The van der Waals surface area contributed by atoms with Crippen molar-refractivity contribution < 1.29 is 9.47 Å². The molecule has 4 rings (SSSR count). The van der Waals surface area contributed by atoms with E-state index in [1.165, 1.54) is 68.9 Å². The standard InChI is InChI=1S/C36H45N3O2/c1-5-6-7-8-9-10-11-12-13-14-25-41-31-23-24-32(33(26-31)40-4)36-38-34(29-19-15-27(2)16-20-29)37-35(39-36)30-21-17-28(3)18-22-30/h15-24,26H,5-14,25H2,1-4H3. The fourth-order valence-corrected chi connectivity index (χ4v) is 4.89. The van der Waals surface area contributed by atoms with Crippen LogP contribution in [0.5, 0.6) is 11.5 Å². The lowest BCUT2D eigenvalue weighted by Crippen LogP contribution is -2.02. The zero-order valence-electron chi connectivity index (χ0n) is 25.3. The first-order valence-corrected chi connectivity index (χ1v) is 15.3. The summed E-state index contributed by atoms with van der Waals surface area (Å²) >= 11 is 0. The normalized spacial score (nSPS) is 11.0. The van der Waals surface area contributed by atoms with Crippen molar-refractivity contribution in [2.45, 2.75) is 85.0 Å². The van der Waals surface area contributed by atoms with E-state index < -0.39 is 0 Å². The van der Waals surface area contributed by atoms with Gasteiger partial charge >= 0.3 is 0 Å². The number of unbranched alkanes of at least 4 members (excludes halogenated alkanes) is 9. The van der Waals surface area contributed by atoms with Crippen LogP contribution in [0.1, 0.15) is 82.3 Å². The van der Waals surface area contributed by atoms with Gasteiger partial charge in [-0.15, -0.1) is 0 Å². The Morgan fingerprint density at radius 1 is 0.561 bits per heavy atom. The van der Waals surface area contributed by atoms with Gasteiger partial charge in [0.15, 0.2) is 17.5 Å². The minimum absolute atomic E-state index is 0.573. The molecule has 0 saturated carbocycles. The second kappa shape index (κ2) is 15.9. The van der Waals surface area contributed by atoms with Crippen molar-refractivity contribution in [2.75, 3.05) is 13.7 Å². The number of nitrogens with zero attached hydrogens (tertiary/aromatic N) is 3. The van der Waals surface area contributed by atoms with E-state index in [9.17, 15) is 0 Å². The van der Waals surface area contributed by atoms with Crippen LogP contribution in [0.25, 0.3) is 34.2 Å². The number of methoxy groups -OCH3 is 1. The molecule has 0 spiro atoms. The minimum atomic E-state index is 0.573. The third-order valence-corrected chi connectivity index (χ3v) is 7.44. The first kappa shape index (κ1) is 30.2. The van der Waals surface area contributed by atoms with Crippen LogP contribution >= 0.6 is 0 Å². The Kier molecular flexibility index (Phi) is 11.7. The van der Waals surface area contributed by atoms with Gasteiger partial charge in [-0.05, 0) is 32.4 Å². The SMILES string of the molecule is CCCCCCCCCCCCOc1ccc(-c2nc(-c3ccc(C)cc3)nc(-c3ccc(C)cc3)n2)c(OC)c1. The fraction of sp³-hybridized carbons (Fsp3) is 0.417. The van der Waals surface area contributed by atoms with Crippen molar-refractivity contribution in [3.63, 3.8) is 0 Å². The molecule has 41 heavy (non-hydrogen) atoms. The van der Waals surface area contributed by atoms with Crippen LogP contribution in [0.4, 0.5) is 0 Å². The third kappa shape index (κ3) is 9.14. The molecule has 0 amide bonds. The highest BCUT2D eigenvalue weighted by atomic mass is 16.5. The molecule has 0 atom stereocenters. The zero-order chi connectivity index (χ0) is 28.9. The number of ether oxygens (including phenoxy) is 2. The Morgan fingerprint density at radius 3 is 1.56 bits per heavy atom. The molecule has 0 radical (unpaired) electrons. The maximum Gasteiger partial charge on any atom is 0.167 e. The summed E-state index contributed by atoms with van der Waals surface area (Å²) in [6.45, 7) is 7.13. The molecule has 0 aliphatic carbocycles. The van der Waals surface area contributed by atoms with Gasteiger partial charge in [-0.2, -0.15) is 0 Å². The maximum absolute atomic E-state index is 6.09. The van der Waals surface area contributed by atoms with E-state index in [2.05, 4.69) is 69.3 Å². The van der Waals surface area contributed by atoms with Crippen molar-refractivity contribution in [3.8, 4) is 45.7 Å². The van der Waals surface area contributed by atoms with Crippen molar-refractivity contribution in [1.82, 2.24) is 15.0 Å². The van der Waals surface area contributed by atoms with Gasteiger partial charge in [0.1, 0.15) is 11.5 Å². The van der Waals surface area contributed by atoms with Crippen LogP contribution in [-0.4, -0.2) is 28.7 Å². The van der Waals surface area contributed by atoms with E-state index in [0.717, 1.165) is 28.9 Å². The van der Waals surface area contributed by atoms with Gasteiger partial charge in [0, 0.05) is 17.2 Å². The molecule has 0 fully saturated rings. The van der Waals surface area contributed by atoms with E-state index in [4.69, 9.17) is 24.4 Å². The topological polar surface area (TPSA) is 57.1 Å². The summed E-state index contributed by atoms with van der Waals surface area (Å²) in [5.74, 6) is 3.32. The van der Waals surface area contributed by atoms with Gasteiger partial charge in [-0.1, -0.05) is 124 Å². The Balaban J connectivity index is 1.44.